The molecule has 0 N–H and O–H groups in total. The lowest BCUT2D eigenvalue weighted by molar-refractivity contribution is -0.384. The first-order valence-corrected chi connectivity index (χ1v) is 16.5. The minimum absolute atomic E-state index is 0.0594. The van der Waals surface area contributed by atoms with Crippen molar-refractivity contribution >= 4 is 66.5 Å². The van der Waals surface area contributed by atoms with Crippen molar-refractivity contribution in [2.45, 2.75) is 38.3 Å². The zero-order chi connectivity index (χ0) is 35.5. The number of methoxy groups -OCH3 is 1. The van der Waals surface area contributed by atoms with Gasteiger partial charge >= 0.3 is 18.1 Å². The number of nitro benzene ring substituents is 1. The number of non-ortho nitro benzene ring substituents is 1. The van der Waals surface area contributed by atoms with E-state index in [4.69, 9.17) is 42.6 Å². The van der Waals surface area contributed by atoms with E-state index in [1.165, 1.54) is 38.3 Å². The highest BCUT2D eigenvalue weighted by molar-refractivity contribution is 9.11. The zero-order valence-electron chi connectivity index (χ0n) is 26.7. The van der Waals surface area contributed by atoms with Crippen molar-refractivity contribution in [1.82, 2.24) is 4.57 Å². The van der Waals surface area contributed by atoms with Gasteiger partial charge in [0.25, 0.3) is 5.69 Å². The summed E-state index contributed by atoms with van der Waals surface area (Å²) in [4.78, 5) is 45.7. The Balaban J connectivity index is 1.21. The number of esters is 2. The monoisotopic (exact) mass is 816 g/mol. The number of halogens is 2. The number of benzene rings is 2. The highest BCUT2D eigenvalue weighted by Gasteiger charge is 2.37. The number of hydrogen-bond acceptors (Lipinski definition) is 14. The van der Waals surface area contributed by atoms with Crippen LogP contribution in [0.25, 0.3) is 10.9 Å². The van der Waals surface area contributed by atoms with Crippen LogP contribution in [0.2, 0.25) is 0 Å². The molecule has 18 heteroatoms. The Hall–Kier alpha value is -3.97. The maximum absolute atomic E-state index is 12.2. The molecule has 1 aliphatic rings. The van der Waals surface area contributed by atoms with Crippen molar-refractivity contribution in [3.63, 3.8) is 0 Å². The van der Waals surface area contributed by atoms with Crippen LogP contribution in [0.15, 0.2) is 45.5 Å². The average Bonchev–Trinajstić information content (AvgIpc) is 3.36. The molecule has 2 aromatic carbocycles. The molecule has 266 valence electrons. The predicted octanol–water partition coefficient (Wildman–Crippen LogP) is 5.23. The van der Waals surface area contributed by atoms with E-state index in [0.29, 0.717) is 25.8 Å². The van der Waals surface area contributed by atoms with Crippen molar-refractivity contribution in [3.05, 3.63) is 55.6 Å². The molecule has 0 saturated carbocycles. The van der Waals surface area contributed by atoms with Crippen molar-refractivity contribution in [2.75, 3.05) is 46.8 Å². The maximum Gasteiger partial charge on any atom is 0.513 e. The second kappa shape index (κ2) is 18.1. The molecular weight excluding hydrogens is 784 g/mol. The molecule has 0 amide bonds. The Kier molecular flexibility index (Phi) is 14.0. The van der Waals surface area contributed by atoms with Gasteiger partial charge in [-0.2, -0.15) is 0 Å². The molecule has 2 heterocycles. The molecule has 1 aromatic heterocycles. The van der Waals surface area contributed by atoms with Gasteiger partial charge in [0.1, 0.15) is 36.6 Å². The first-order chi connectivity index (χ1) is 23.5. The van der Waals surface area contributed by atoms with Gasteiger partial charge in [-0.15, -0.1) is 0 Å². The lowest BCUT2D eigenvalue weighted by Gasteiger charge is -2.33. The molecule has 49 heavy (non-hydrogen) atoms. The molecule has 0 bridgehead atoms. The molecule has 0 aliphatic carbocycles. The van der Waals surface area contributed by atoms with Gasteiger partial charge in [-0.3, -0.25) is 14.9 Å². The van der Waals surface area contributed by atoms with E-state index in [2.05, 4.69) is 31.9 Å². The number of nitro groups is 1. The van der Waals surface area contributed by atoms with E-state index in [0.717, 1.165) is 5.52 Å². The Labute approximate surface area is 297 Å². The predicted molar refractivity (Wildman–Crippen MR) is 177 cm³/mol. The van der Waals surface area contributed by atoms with Gasteiger partial charge in [-0.05, 0) is 50.1 Å². The summed E-state index contributed by atoms with van der Waals surface area (Å²) in [5, 5.41) is 11.4. The van der Waals surface area contributed by atoms with Crippen LogP contribution in [0.4, 0.5) is 10.5 Å². The van der Waals surface area contributed by atoms with Gasteiger partial charge in [-0.25, -0.2) is 9.59 Å². The van der Waals surface area contributed by atoms with Gasteiger partial charge in [0.2, 0.25) is 6.29 Å². The highest BCUT2D eigenvalue weighted by Crippen LogP contribution is 2.45. The highest BCUT2D eigenvalue weighted by atomic mass is 79.9. The van der Waals surface area contributed by atoms with Crippen molar-refractivity contribution in [3.8, 4) is 17.2 Å². The van der Waals surface area contributed by atoms with Crippen LogP contribution < -0.4 is 14.2 Å². The molecule has 1 aliphatic heterocycles. The number of hydrogen-bond donors (Lipinski definition) is 0. The van der Waals surface area contributed by atoms with Gasteiger partial charge in [0, 0.05) is 45.1 Å². The summed E-state index contributed by atoms with van der Waals surface area (Å²) in [6.45, 7) is 2.30. The standard InChI is InChI=1S/C31H34Br2N2O14/c1-18(36)46-21-14-24(30(37)41-3)48-26(15-21)49-25-17-34(2)23-16-22(32)29(28(33)27(23)25)44-12-10-42-8-9-43-11-13-45-31(38)47-20-6-4-19(5-7-20)35(39)40/h4-7,16-17,21,24,26H,8-15H2,1-3H3. The van der Waals surface area contributed by atoms with Crippen LogP contribution in [0.1, 0.15) is 19.8 Å². The van der Waals surface area contributed by atoms with Gasteiger partial charge in [-0.1, -0.05) is 0 Å². The van der Waals surface area contributed by atoms with E-state index in [-0.39, 0.29) is 63.9 Å². The summed E-state index contributed by atoms with van der Waals surface area (Å²) in [6, 6.07) is 6.89. The SMILES string of the molecule is COC(=O)C1CC(OC(C)=O)CC(Oc2cn(C)c3cc(Br)c(OCCOCCOCCOC(=O)Oc4ccc([N+](=O)[O-])cc4)c(Br)c23)O1. The topological polar surface area (TPSA) is 182 Å². The van der Waals surface area contributed by atoms with E-state index < -0.39 is 41.5 Å². The normalized spacial score (nSPS) is 17.3. The maximum atomic E-state index is 12.2. The summed E-state index contributed by atoms with van der Waals surface area (Å²) in [5.41, 5.74) is 0.689. The van der Waals surface area contributed by atoms with E-state index in [1.54, 1.807) is 6.20 Å². The van der Waals surface area contributed by atoms with Gasteiger partial charge in [0.15, 0.2) is 6.10 Å². The average molecular weight is 818 g/mol. The van der Waals surface area contributed by atoms with Crippen molar-refractivity contribution in [2.24, 2.45) is 7.05 Å². The Morgan fingerprint density at radius 3 is 2.35 bits per heavy atom. The number of rotatable bonds is 16. The molecular formula is C31H34Br2N2O14. The number of carbonyl (C=O) groups excluding carboxylic acids is 3. The second-order valence-electron chi connectivity index (χ2n) is 10.4. The van der Waals surface area contributed by atoms with Gasteiger partial charge in [0.05, 0.1) is 58.3 Å². The van der Waals surface area contributed by atoms with Crippen LogP contribution in [0, 0.1) is 10.1 Å². The Morgan fingerprint density at radius 2 is 1.69 bits per heavy atom. The minimum Gasteiger partial charge on any atom is -0.489 e. The van der Waals surface area contributed by atoms with Crippen LogP contribution in [0.3, 0.4) is 0 Å². The third kappa shape index (κ3) is 10.8. The molecule has 16 nitrogen and oxygen atoms in total. The Morgan fingerprint density at radius 1 is 1.02 bits per heavy atom. The summed E-state index contributed by atoms with van der Waals surface area (Å²) < 4.78 is 52.3. The lowest BCUT2D eigenvalue weighted by Crippen LogP contribution is -2.44. The summed E-state index contributed by atoms with van der Waals surface area (Å²) in [6.07, 6.45) is -1.27. The second-order valence-corrected chi connectivity index (χ2v) is 12.1. The van der Waals surface area contributed by atoms with E-state index in [1.807, 2.05) is 17.7 Å². The molecule has 3 unspecified atom stereocenters. The third-order valence-corrected chi connectivity index (χ3v) is 8.28. The lowest BCUT2D eigenvalue weighted by atomic mass is 10.0. The number of aromatic nitrogens is 1. The van der Waals surface area contributed by atoms with Crippen LogP contribution in [-0.2, 0) is 45.1 Å². The summed E-state index contributed by atoms with van der Waals surface area (Å²) in [5.74, 6) is 0.0151. The molecule has 0 radical (unpaired) electrons. The molecule has 1 fully saturated rings. The van der Waals surface area contributed by atoms with Crippen molar-refractivity contribution < 1.29 is 61.9 Å². The van der Waals surface area contributed by atoms with E-state index in [9.17, 15) is 24.5 Å². The quantitative estimate of drug-likeness (QED) is 0.0458. The number of ether oxygens (including phenoxy) is 9. The zero-order valence-corrected chi connectivity index (χ0v) is 29.9. The van der Waals surface area contributed by atoms with Crippen LogP contribution in [0.5, 0.6) is 17.2 Å². The van der Waals surface area contributed by atoms with Crippen LogP contribution in [-0.4, -0.2) is 92.8 Å². The van der Waals surface area contributed by atoms with Gasteiger partial charge < -0.3 is 47.2 Å². The minimum atomic E-state index is -0.960. The number of fused-ring (bicyclic) bond motifs is 1. The molecule has 1 saturated heterocycles. The fourth-order valence-electron chi connectivity index (χ4n) is 4.78. The molecule has 3 aromatic rings. The molecule has 0 spiro atoms. The fraction of sp³-hybridized carbons (Fsp3) is 0.452. The first-order valence-electron chi connectivity index (χ1n) is 14.9. The first kappa shape index (κ1) is 37.8. The van der Waals surface area contributed by atoms with Crippen molar-refractivity contribution in [1.29, 1.82) is 0 Å². The smallest absolute Gasteiger partial charge is 0.489 e. The number of nitrogens with zero attached hydrogens (tertiary/aromatic N) is 2. The largest absolute Gasteiger partial charge is 0.513 e. The fourth-order valence-corrected chi connectivity index (χ4v) is 6.30. The summed E-state index contributed by atoms with van der Waals surface area (Å²) in [7, 11) is 3.11. The molecule has 4 rings (SSSR count). The van der Waals surface area contributed by atoms with E-state index >= 15 is 0 Å². The Bertz CT molecular complexity index is 1630. The van der Waals surface area contributed by atoms with Crippen LogP contribution >= 0.6 is 31.9 Å². The number of aryl methyl sites for hydroxylation is 1. The third-order valence-electron chi connectivity index (χ3n) is 6.94. The number of carbonyl (C=O) groups is 3. The summed E-state index contributed by atoms with van der Waals surface area (Å²) >= 11 is 7.21. The molecule has 3 atom stereocenters.